The first-order chi connectivity index (χ1) is 13.5. The van der Waals surface area contributed by atoms with Gasteiger partial charge in [0.05, 0.1) is 26.7 Å². The van der Waals surface area contributed by atoms with E-state index in [0.717, 1.165) is 26.3 Å². The molecule has 9 heteroatoms. The summed E-state index contributed by atoms with van der Waals surface area (Å²) >= 11 is 0. The average Bonchev–Trinajstić information content (AvgIpc) is 2.72. The fraction of sp³-hybridized carbons (Fsp3) is 0.526. The molecular formula is C19H28N4O5. The van der Waals surface area contributed by atoms with Crippen molar-refractivity contribution in [3.8, 4) is 0 Å². The number of amides is 3. The molecule has 0 aliphatic carbocycles. The maximum absolute atomic E-state index is 12.1. The number of ether oxygens (including phenoxy) is 2. The van der Waals surface area contributed by atoms with E-state index < -0.39 is 0 Å². The Kier molecular flexibility index (Phi) is 8.70. The first-order valence-electron chi connectivity index (χ1n) is 9.31. The molecular weight excluding hydrogens is 364 g/mol. The molecule has 9 nitrogen and oxygen atoms in total. The van der Waals surface area contributed by atoms with Gasteiger partial charge in [-0.15, -0.1) is 0 Å². The van der Waals surface area contributed by atoms with Crippen LogP contribution < -0.4 is 16.0 Å². The summed E-state index contributed by atoms with van der Waals surface area (Å²) in [5.41, 5.74) is 1.03. The molecule has 3 N–H and O–H groups in total. The molecule has 154 valence electrons. The number of carbonyl (C=O) groups is 3. The molecule has 0 saturated carbocycles. The molecule has 1 aliphatic rings. The molecule has 1 saturated heterocycles. The number of anilines is 1. The Labute approximate surface area is 164 Å². The Morgan fingerprint density at radius 2 is 1.82 bits per heavy atom. The maximum atomic E-state index is 12.1. The third-order valence-electron chi connectivity index (χ3n) is 4.47. The van der Waals surface area contributed by atoms with Crippen LogP contribution in [0.4, 0.5) is 10.5 Å². The zero-order valence-electron chi connectivity index (χ0n) is 16.3. The molecule has 3 amide bonds. The average molecular weight is 392 g/mol. The summed E-state index contributed by atoms with van der Waals surface area (Å²) in [6.07, 6.45) is 0.116. The Morgan fingerprint density at radius 3 is 2.46 bits per heavy atom. The van der Waals surface area contributed by atoms with Gasteiger partial charge in [0.15, 0.2) is 0 Å². The molecule has 0 aromatic heterocycles. The van der Waals surface area contributed by atoms with Crippen molar-refractivity contribution >= 4 is 23.6 Å². The molecule has 2 rings (SSSR count). The Balaban J connectivity index is 1.72. The molecule has 0 spiro atoms. The molecule has 1 unspecified atom stereocenters. The summed E-state index contributed by atoms with van der Waals surface area (Å²) in [4.78, 5) is 37.4. The van der Waals surface area contributed by atoms with Crippen LogP contribution >= 0.6 is 0 Å². The highest BCUT2D eigenvalue weighted by atomic mass is 16.5. The standard InChI is InChI=1S/C19H28N4O5/c1-14(23-9-11-28-12-10-23)13-21-19(26)22-16-5-3-15(4-6-16)18(25)20-8-7-17(24)27-2/h3-6,14H,7-13H2,1-2H3,(H,20,25)(H2,21,22,26). The van der Waals surface area contributed by atoms with Gasteiger partial charge in [-0.25, -0.2) is 4.79 Å². The topological polar surface area (TPSA) is 109 Å². The number of rotatable bonds is 8. The monoisotopic (exact) mass is 392 g/mol. The van der Waals surface area contributed by atoms with Gasteiger partial charge in [0.25, 0.3) is 5.91 Å². The number of morpholine rings is 1. The van der Waals surface area contributed by atoms with Crippen LogP contribution in [-0.2, 0) is 14.3 Å². The van der Waals surface area contributed by atoms with E-state index >= 15 is 0 Å². The number of nitrogens with one attached hydrogen (secondary N) is 3. The summed E-state index contributed by atoms with van der Waals surface area (Å²) in [7, 11) is 1.30. The van der Waals surface area contributed by atoms with Gasteiger partial charge >= 0.3 is 12.0 Å². The van der Waals surface area contributed by atoms with Crippen LogP contribution in [0, 0.1) is 0 Å². The van der Waals surface area contributed by atoms with E-state index in [9.17, 15) is 14.4 Å². The van der Waals surface area contributed by atoms with Gasteiger partial charge in [-0.1, -0.05) is 0 Å². The largest absolute Gasteiger partial charge is 0.469 e. The van der Waals surface area contributed by atoms with Crippen LogP contribution in [0.3, 0.4) is 0 Å². The second kappa shape index (κ2) is 11.3. The SMILES string of the molecule is COC(=O)CCNC(=O)c1ccc(NC(=O)NCC(C)N2CCOCC2)cc1. The van der Waals surface area contributed by atoms with E-state index in [1.54, 1.807) is 24.3 Å². The molecule has 0 bridgehead atoms. The third kappa shape index (κ3) is 7.16. The van der Waals surface area contributed by atoms with Crippen LogP contribution in [0.5, 0.6) is 0 Å². The minimum absolute atomic E-state index is 0.116. The zero-order valence-corrected chi connectivity index (χ0v) is 16.3. The van der Waals surface area contributed by atoms with Crippen molar-refractivity contribution in [2.24, 2.45) is 0 Å². The van der Waals surface area contributed by atoms with E-state index in [-0.39, 0.29) is 36.9 Å². The van der Waals surface area contributed by atoms with Gasteiger partial charge in [-0.3, -0.25) is 14.5 Å². The van der Waals surface area contributed by atoms with Gasteiger partial charge in [-0.05, 0) is 31.2 Å². The number of nitrogens with zero attached hydrogens (tertiary/aromatic N) is 1. The van der Waals surface area contributed by atoms with Crippen LogP contribution in [0.25, 0.3) is 0 Å². The fourth-order valence-electron chi connectivity index (χ4n) is 2.75. The highest BCUT2D eigenvalue weighted by Crippen LogP contribution is 2.10. The van der Waals surface area contributed by atoms with Crippen LogP contribution in [0.15, 0.2) is 24.3 Å². The van der Waals surface area contributed by atoms with E-state index in [4.69, 9.17) is 4.74 Å². The van der Waals surface area contributed by atoms with Gasteiger partial charge in [0, 0.05) is 43.5 Å². The second-order valence-electron chi connectivity index (χ2n) is 6.49. The zero-order chi connectivity index (χ0) is 20.4. The highest BCUT2D eigenvalue weighted by molar-refractivity contribution is 5.95. The van der Waals surface area contributed by atoms with Crippen LogP contribution in [0.1, 0.15) is 23.7 Å². The molecule has 0 radical (unpaired) electrons. The summed E-state index contributed by atoms with van der Waals surface area (Å²) in [5, 5.41) is 8.24. The quantitative estimate of drug-likeness (QED) is 0.565. The van der Waals surface area contributed by atoms with E-state index in [1.807, 2.05) is 0 Å². The number of hydrogen-bond acceptors (Lipinski definition) is 6. The Morgan fingerprint density at radius 1 is 1.14 bits per heavy atom. The van der Waals surface area contributed by atoms with Crippen molar-refractivity contribution in [3.05, 3.63) is 29.8 Å². The van der Waals surface area contributed by atoms with Gasteiger partial charge in [0.1, 0.15) is 0 Å². The first kappa shape index (κ1) is 21.6. The molecule has 1 heterocycles. The van der Waals surface area contributed by atoms with Crippen molar-refractivity contribution in [3.63, 3.8) is 0 Å². The molecule has 1 fully saturated rings. The van der Waals surface area contributed by atoms with E-state index in [0.29, 0.717) is 17.8 Å². The Hall–Kier alpha value is -2.65. The minimum atomic E-state index is -0.381. The lowest BCUT2D eigenvalue weighted by Gasteiger charge is -2.32. The minimum Gasteiger partial charge on any atom is -0.469 e. The summed E-state index contributed by atoms with van der Waals surface area (Å²) < 4.78 is 9.84. The summed E-state index contributed by atoms with van der Waals surface area (Å²) in [5.74, 6) is -0.673. The maximum Gasteiger partial charge on any atom is 0.319 e. The van der Waals surface area contributed by atoms with Crippen molar-refractivity contribution in [1.82, 2.24) is 15.5 Å². The molecule has 1 aromatic rings. The molecule has 1 aromatic carbocycles. The van der Waals surface area contributed by atoms with Crippen molar-refractivity contribution in [2.75, 3.05) is 51.8 Å². The van der Waals surface area contributed by atoms with Crippen molar-refractivity contribution < 1.29 is 23.9 Å². The van der Waals surface area contributed by atoms with Crippen molar-refractivity contribution in [1.29, 1.82) is 0 Å². The smallest absolute Gasteiger partial charge is 0.319 e. The lowest BCUT2D eigenvalue weighted by atomic mass is 10.2. The summed E-state index contributed by atoms with van der Waals surface area (Å²) in [6.45, 7) is 5.99. The lowest BCUT2D eigenvalue weighted by Crippen LogP contribution is -2.47. The number of urea groups is 1. The number of carbonyl (C=O) groups excluding carboxylic acids is 3. The molecule has 28 heavy (non-hydrogen) atoms. The fourth-order valence-corrected chi connectivity index (χ4v) is 2.75. The van der Waals surface area contributed by atoms with Crippen LogP contribution in [0.2, 0.25) is 0 Å². The first-order valence-corrected chi connectivity index (χ1v) is 9.31. The lowest BCUT2D eigenvalue weighted by molar-refractivity contribution is -0.140. The summed E-state index contributed by atoms with van der Waals surface area (Å²) in [6, 6.07) is 6.46. The van der Waals surface area contributed by atoms with E-state index in [1.165, 1.54) is 7.11 Å². The highest BCUT2D eigenvalue weighted by Gasteiger charge is 2.17. The number of hydrogen-bond donors (Lipinski definition) is 3. The number of esters is 1. The van der Waals surface area contributed by atoms with Crippen molar-refractivity contribution in [2.45, 2.75) is 19.4 Å². The molecule has 1 aliphatic heterocycles. The van der Waals surface area contributed by atoms with Crippen LogP contribution in [-0.4, -0.2) is 75.4 Å². The van der Waals surface area contributed by atoms with Gasteiger partial charge < -0.3 is 25.4 Å². The number of methoxy groups -OCH3 is 1. The second-order valence-corrected chi connectivity index (χ2v) is 6.49. The third-order valence-corrected chi connectivity index (χ3v) is 4.47. The Bertz CT molecular complexity index is 659. The van der Waals surface area contributed by atoms with Gasteiger partial charge in [0.2, 0.25) is 0 Å². The van der Waals surface area contributed by atoms with Gasteiger partial charge in [-0.2, -0.15) is 0 Å². The normalized spacial score (nSPS) is 15.4. The molecule has 1 atom stereocenters. The predicted molar refractivity (Wildman–Crippen MR) is 104 cm³/mol. The van der Waals surface area contributed by atoms with E-state index in [2.05, 4.69) is 32.5 Å². The predicted octanol–water partition coefficient (Wildman–Crippen LogP) is 0.822. The number of benzene rings is 1.